The molecule has 0 aromatic rings. The van der Waals surface area contributed by atoms with Gasteiger partial charge >= 0.3 is 12.9 Å². The number of carbonyl (C=O) groups is 2. The Morgan fingerprint density at radius 3 is 1.17 bits per heavy atom. The molecule has 0 aliphatic heterocycles. The molecule has 0 aromatic carbocycles. The normalized spacial score (nSPS) is 6.00. The Bertz CT molecular complexity index is 69.9. The summed E-state index contributed by atoms with van der Waals surface area (Å²) in [6.45, 7) is 0.0309. The molecule has 8 heteroatoms. The molecule has 0 saturated carbocycles. The summed E-state index contributed by atoms with van der Waals surface area (Å²) in [7, 11) is 0. The number of carbonyl (C=O) groups excluding carboxylic acids is 2. The van der Waals surface area contributed by atoms with Crippen molar-refractivity contribution in [2.24, 2.45) is 0 Å². The molecule has 0 aliphatic carbocycles. The fraction of sp³-hybridized carbons (Fsp3) is 0.500. The summed E-state index contributed by atoms with van der Waals surface area (Å²) in [5.41, 5.74) is 0. The molecule has 74 valence electrons. The minimum atomic E-state index is -0.125. The lowest BCUT2D eigenvalue weighted by atomic mass is 10.8. The number of hydrogen-bond donors (Lipinski definition) is 2. The minimum absolute atomic E-state index is 0.125. The summed E-state index contributed by atoms with van der Waals surface area (Å²) in [4.78, 5) is 17.6. The maximum Gasteiger partial charge on any atom is 0.312 e. The van der Waals surface area contributed by atoms with Crippen molar-refractivity contribution >= 4 is 36.7 Å². The molecule has 0 fully saturated rings. The van der Waals surface area contributed by atoms with Crippen LogP contribution in [0.5, 0.6) is 0 Å². The first-order valence-electron chi connectivity index (χ1n) is 2.38. The second-order valence-corrected chi connectivity index (χ2v) is 1.17. The summed E-state index contributed by atoms with van der Waals surface area (Å²) in [5, 5.41) is 15.2. The van der Waals surface area contributed by atoms with Gasteiger partial charge in [-0.2, -0.15) is 0 Å². The fourth-order valence-corrected chi connectivity index (χ4v) is 0. The van der Waals surface area contributed by atoms with Gasteiger partial charge in [-0.1, -0.05) is 0 Å². The number of hydrogen-bond acceptors (Lipinski definition) is 6. The van der Waals surface area contributed by atoms with Gasteiger partial charge in [-0.15, -0.1) is 0 Å². The van der Waals surface area contributed by atoms with E-state index in [9.17, 15) is 0 Å². The maximum atomic E-state index is 8.82. The Hall–Kier alpha value is -0.560. The average Bonchev–Trinajstić information content (AvgIpc) is 2.18. The van der Waals surface area contributed by atoms with Gasteiger partial charge in [-0.3, -0.25) is 9.59 Å². The molecule has 0 unspecified atom stereocenters. The second-order valence-electron chi connectivity index (χ2n) is 0.818. The first-order valence-corrected chi connectivity index (χ1v) is 3.00. The standard InChI is InChI=1S/C2H6O2.2CHClO2/c3-1-2-4;2*2-4-1-3/h3-4H,1-2H2;2*1H. The molecule has 6 nitrogen and oxygen atoms in total. The summed E-state index contributed by atoms with van der Waals surface area (Å²) >= 11 is 8.64. The Labute approximate surface area is 78.9 Å². The molecule has 0 aromatic heterocycles. The molecule has 12 heavy (non-hydrogen) atoms. The third-order valence-corrected chi connectivity index (χ3v) is 0.318. The quantitative estimate of drug-likeness (QED) is 0.632. The lowest BCUT2D eigenvalue weighted by Crippen LogP contribution is -1.85. The van der Waals surface area contributed by atoms with Crippen LogP contribution in [0, 0.1) is 0 Å². The van der Waals surface area contributed by atoms with Gasteiger partial charge in [-0.05, 0) is 0 Å². The monoisotopic (exact) mass is 222 g/mol. The summed E-state index contributed by atoms with van der Waals surface area (Å²) < 4.78 is 6.67. The van der Waals surface area contributed by atoms with Gasteiger partial charge in [0.25, 0.3) is 0 Å². The third-order valence-electron chi connectivity index (χ3n) is 0.173. The van der Waals surface area contributed by atoms with Crippen LogP contribution in [0.4, 0.5) is 0 Å². The van der Waals surface area contributed by atoms with Crippen LogP contribution in [0.1, 0.15) is 0 Å². The molecule has 2 N–H and O–H groups in total. The van der Waals surface area contributed by atoms with Crippen molar-refractivity contribution in [3.8, 4) is 0 Å². The molecule has 0 atom stereocenters. The van der Waals surface area contributed by atoms with E-state index in [1.807, 2.05) is 0 Å². The van der Waals surface area contributed by atoms with Crippen molar-refractivity contribution in [2.45, 2.75) is 0 Å². The Morgan fingerprint density at radius 2 is 1.17 bits per heavy atom. The van der Waals surface area contributed by atoms with E-state index in [1.54, 1.807) is 0 Å². The molecule has 0 rings (SSSR count). The largest absolute Gasteiger partial charge is 0.394 e. The number of rotatable bonds is 3. The highest BCUT2D eigenvalue weighted by Gasteiger charge is 1.58. The van der Waals surface area contributed by atoms with Crippen LogP contribution in [0.3, 0.4) is 0 Å². The van der Waals surface area contributed by atoms with E-state index in [0.29, 0.717) is 0 Å². The Balaban J connectivity index is -0.000000101. The van der Waals surface area contributed by atoms with Crippen molar-refractivity contribution in [1.29, 1.82) is 0 Å². The van der Waals surface area contributed by atoms with Crippen molar-refractivity contribution < 1.29 is 28.4 Å². The van der Waals surface area contributed by atoms with E-state index in [1.165, 1.54) is 0 Å². The van der Waals surface area contributed by atoms with E-state index >= 15 is 0 Å². The molecule has 0 heterocycles. The van der Waals surface area contributed by atoms with Crippen molar-refractivity contribution in [1.82, 2.24) is 0 Å². The fourth-order valence-electron chi connectivity index (χ4n) is 0. The predicted octanol–water partition coefficient (Wildman–Crippen LogP) is -0.403. The first-order chi connectivity index (χ1) is 5.74. The van der Waals surface area contributed by atoms with Gasteiger partial charge in [0.15, 0.2) is 0 Å². The van der Waals surface area contributed by atoms with Crippen LogP contribution < -0.4 is 0 Å². The van der Waals surface area contributed by atoms with Crippen LogP contribution >= 0.6 is 23.7 Å². The van der Waals surface area contributed by atoms with Crippen LogP contribution in [-0.4, -0.2) is 36.4 Å². The minimum Gasteiger partial charge on any atom is -0.394 e. The number of halogens is 2. The van der Waals surface area contributed by atoms with Crippen molar-refractivity contribution in [3.63, 3.8) is 0 Å². The van der Waals surface area contributed by atoms with E-state index in [-0.39, 0.29) is 26.2 Å². The van der Waals surface area contributed by atoms with Crippen LogP contribution in [0.15, 0.2) is 0 Å². The SMILES string of the molecule is O=COCl.O=COCl.OCCO. The van der Waals surface area contributed by atoms with Gasteiger partial charge in [-0.25, -0.2) is 0 Å². The van der Waals surface area contributed by atoms with E-state index in [4.69, 9.17) is 19.8 Å². The zero-order chi connectivity index (χ0) is 10.2. The van der Waals surface area contributed by atoms with Gasteiger partial charge in [0.1, 0.15) is 23.7 Å². The van der Waals surface area contributed by atoms with E-state index < -0.39 is 0 Å². The summed E-state index contributed by atoms with van der Waals surface area (Å²) in [5.74, 6) is 0. The molecule has 0 aliphatic rings. The topological polar surface area (TPSA) is 93.1 Å². The second kappa shape index (κ2) is 31.4. The molecule has 0 bridgehead atoms. The van der Waals surface area contributed by atoms with Crippen LogP contribution in [-0.2, 0) is 18.2 Å². The molecule has 0 radical (unpaired) electrons. The average molecular weight is 223 g/mol. The highest BCUT2D eigenvalue weighted by molar-refractivity contribution is 6.10. The molecular formula is C4H8Cl2O6. The number of aliphatic hydroxyl groups excluding tert-OH is 2. The third kappa shape index (κ3) is 113. The predicted molar refractivity (Wildman–Crippen MR) is 40.2 cm³/mol. The summed E-state index contributed by atoms with van der Waals surface area (Å²) in [6.07, 6.45) is 0. The molecule has 0 amide bonds. The Kier molecular flexibility index (Phi) is 45.9. The van der Waals surface area contributed by atoms with Crippen molar-refractivity contribution in [3.05, 3.63) is 0 Å². The van der Waals surface area contributed by atoms with Gasteiger partial charge < -0.3 is 18.8 Å². The highest BCUT2D eigenvalue weighted by atomic mass is 35.5. The number of aliphatic hydroxyl groups is 2. The van der Waals surface area contributed by atoms with Crippen molar-refractivity contribution in [2.75, 3.05) is 13.2 Å². The smallest absolute Gasteiger partial charge is 0.312 e. The zero-order valence-electron chi connectivity index (χ0n) is 5.85. The zero-order valence-corrected chi connectivity index (χ0v) is 7.36. The highest BCUT2D eigenvalue weighted by Crippen LogP contribution is 1.63. The first kappa shape index (κ1) is 17.5. The van der Waals surface area contributed by atoms with Gasteiger partial charge in [0, 0.05) is 0 Å². The molecule has 0 spiro atoms. The van der Waals surface area contributed by atoms with E-state index in [0.717, 1.165) is 0 Å². The van der Waals surface area contributed by atoms with Gasteiger partial charge in [0.2, 0.25) is 0 Å². The lowest BCUT2D eigenvalue weighted by molar-refractivity contribution is -0.121. The van der Waals surface area contributed by atoms with Gasteiger partial charge in [0.05, 0.1) is 13.2 Å². The lowest BCUT2D eigenvalue weighted by Gasteiger charge is -1.70. The van der Waals surface area contributed by atoms with Crippen LogP contribution in [0.2, 0.25) is 0 Å². The summed E-state index contributed by atoms with van der Waals surface area (Å²) in [6, 6.07) is 0. The molecule has 0 saturated heterocycles. The van der Waals surface area contributed by atoms with E-state index in [2.05, 4.69) is 32.3 Å². The van der Waals surface area contributed by atoms with Crippen LogP contribution in [0.25, 0.3) is 0 Å². The Morgan fingerprint density at radius 1 is 1.00 bits per heavy atom. The maximum absolute atomic E-state index is 8.82. The molecular weight excluding hydrogens is 215 g/mol.